The molecule has 6 heteroatoms. The van der Waals surface area contributed by atoms with Crippen LogP contribution in [0.25, 0.3) is 0 Å². The maximum Gasteiger partial charge on any atom is 0.187 e. The molecule has 0 aliphatic carbocycles. The molecule has 0 radical (unpaired) electrons. The Kier molecular flexibility index (Phi) is 4.39. The van der Waals surface area contributed by atoms with Crippen LogP contribution in [-0.2, 0) is 0 Å². The van der Waals surface area contributed by atoms with Crippen LogP contribution in [0.2, 0.25) is 5.02 Å². The van der Waals surface area contributed by atoms with E-state index in [0.29, 0.717) is 15.9 Å². The van der Waals surface area contributed by atoms with E-state index < -0.39 is 0 Å². The Morgan fingerprint density at radius 2 is 2.21 bits per heavy atom. The molecule has 0 aliphatic rings. The predicted octanol–water partition coefficient (Wildman–Crippen LogP) is 4.30. The van der Waals surface area contributed by atoms with Crippen LogP contribution in [0.15, 0.2) is 23.6 Å². The van der Waals surface area contributed by atoms with Gasteiger partial charge in [0.15, 0.2) is 5.13 Å². The van der Waals surface area contributed by atoms with Crippen molar-refractivity contribution in [3.63, 3.8) is 0 Å². The first-order chi connectivity index (χ1) is 8.97. The topological polar surface area (TPSA) is 50.9 Å². The quantitative estimate of drug-likeness (QED) is 0.827. The summed E-state index contributed by atoms with van der Waals surface area (Å²) < 4.78 is 0. The average Bonchev–Trinajstić information content (AvgIpc) is 2.80. The molecule has 0 saturated heterocycles. The second-order valence-corrected chi connectivity index (χ2v) is 6.12. The average molecular weight is 312 g/mol. The summed E-state index contributed by atoms with van der Waals surface area (Å²) in [5.74, 6) is 0.416. The molecular weight excluding hydrogens is 298 g/mol. The van der Waals surface area contributed by atoms with Crippen molar-refractivity contribution >= 4 is 51.0 Å². The second-order valence-electron chi connectivity index (χ2n) is 4.42. The molecule has 0 atom stereocenters. The molecule has 1 aromatic carbocycles. The number of thiazole rings is 1. The van der Waals surface area contributed by atoms with E-state index in [-0.39, 0.29) is 0 Å². The minimum Gasteiger partial charge on any atom is -0.389 e. The zero-order valence-electron chi connectivity index (χ0n) is 10.6. The lowest BCUT2D eigenvalue weighted by molar-refractivity contribution is 0.834. The Balaban J connectivity index is 2.20. The maximum atomic E-state index is 6.19. The first-order valence-corrected chi connectivity index (χ1v) is 7.45. The third-order valence-corrected chi connectivity index (χ3v) is 3.93. The van der Waals surface area contributed by atoms with Gasteiger partial charge in [0, 0.05) is 10.9 Å². The fraction of sp³-hybridized carbons (Fsp3) is 0.231. The van der Waals surface area contributed by atoms with Gasteiger partial charge in [0.25, 0.3) is 0 Å². The van der Waals surface area contributed by atoms with Crippen molar-refractivity contribution in [2.75, 3.05) is 5.32 Å². The van der Waals surface area contributed by atoms with Gasteiger partial charge in [0.05, 0.1) is 16.4 Å². The Morgan fingerprint density at radius 1 is 1.47 bits per heavy atom. The monoisotopic (exact) mass is 311 g/mol. The van der Waals surface area contributed by atoms with Crippen LogP contribution in [0.3, 0.4) is 0 Å². The number of hydrogen-bond donors (Lipinski definition) is 2. The number of hydrogen-bond acceptors (Lipinski definition) is 4. The smallest absolute Gasteiger partial charge is 0.187 e. The molecule has 1 heterocycles. The molecule has 0 spiro atoms. The van der Waals surface area contributed by atoms with Crippen molar-refractivity contribution in [1.29, 1.82) is 0 Å². The van der Waals surface area contributed by atoms with E-state index in [1.807, 2.05) is 17.5 Å². The third kappa shape index (κ3) is 3.43. The van der Waals surface area contributed by atoms with E-state index in [1.165, 1.54) is 0 Å². The van der Waals surface area contributed by atoms with E-state index in [9.17, 15) is 0 Å². The molecule has 2 aromatic rings. The first kappa shape index (κ1) is 14.2. The normalized spacial score (nSPS) is 10.7. The highest BCUT2D eigenvalue weighted by Crippen LogP contribution is 2.29. The van der Waals surface area contributed by atoms with Crippen LogP contribution >= 0.6 is 35.2 Å². The molecule has 3 nitrogen and oxygen atoms in total. The standard InChI is InChI=1S/C13H14ClN3S2/c1-7(2)11-6-19-13(17-11)16-10-4-3-8(12(15)18)5-9(10)14/h3-7H,1-2H3,(H2,15,18)(H,16,17). The summed E-state index contributed by atoms with van der Waals surface area (Å²) in [6.07, 6.45) is 0. The molecule has 0 bridgehead atoms. The number of benzene rings is 1. The minimum atomic E-state index is 0.338. The summed E-state index contributed by atoms with van der Waals surface area (Å²) in [6, 6.07) is 5.45. The molecule has 0 unspecified atom stereocenters. The van der Waals surface area contributed by atoms with Gasteiger partial charge < -0.3 is 11.1 Å². The number of nitrogens with two attached hydrogens (primary N) is 1. The first-order valence-electron chi connectivity index (χ1n) is 5.79. The summed E-state index contributed by atoms with van der Waals surface area (Å²) in [5.41, 5.74) is 8.19. The summed E-state index contributed by atoms with van der Waals surface area (Å²) in [6.45, 7) is 4.23. The zero-order chi connectivity index (χ0) is 14.0. The molecule has 2 rings (SSSR count). The summed E-state index contributed by atoms with van der Waals surface area (Å²) >= 11 is 12.7. The molecule has 0 saturated carbocycles. The van der Waals surface area contributed by atoms with Crippen molar-refractivity contribution < 1.29 is 0 Å². The number of aromatic nitrogens is 1. The fourth-order valence-corrected chi connectivity index (χ4v) is 2.73. The van der Waals surface area contributed by atoms with Crippen molar-refractivity contribution in [3.05, 3.63) is 39.9 Å². The Morgan fingerprint density at radius 3 is 2.74 bits per heavy atom. The van der Waals surface area contributed by atoms with Crippen LogP contribution < -0.4 is 11.1 Å². The molecule has 19 heavy (non-hydrogen) atoms. The van der Waals surface area contributed by atoms with Gasteiger partial charge in [-0.25, -0.2) is 4.98 Å². The molecule has 0 aliphatic heterocycles. The van der Waals surface area contributed by atoms with E-state index in [2.05, 4.69) is 24.1 Å². The number of nitrogens with zero attached hydrogens (tertiary/aromatic N) is 1. The highest BCUT2D eigenvalue weighted by atomic mass is 35.5. The summed E-state index contributed by atoms with van der Waals surface area (Å²) in [5, 5.41) is 6.65. The van der Waals surface area contributed by atoms with Crippen molar-refractivity contribution in [2.24, 2.45) is 5.73 Å². The van der Waals surface area contributed by atoms with Crippen LogP contribution in [0.1, 0.15) is 31.0 Å². The third-order valence-electron chi connectivity index (χ3n) is 2.61. The second kappa shape index (κ2) is 5.86. The van der Waals surface area contributed by atoms with Crippen LogP contribution in [0.4, 0.5) is 10.8 Å². The minimum absolute atomic E-state index is 0.338. The lowest BCUT2D eigenvalue weighted by atomic mass is 10.2. The largest absolute Gasteiger partial charge is 0.389 e. The van der Waals surface area contributed by atoms with E-state index in [1.54, 1.807) is 17.4 Å². The van der Waals surface area contributed by atoms with Crippen molar-refractivity contribution in [3.8, 4) is 0 Å². The van der Waals surface area contributed by atoms with Crippen molar-refractivity contribution in [1.82, 2.24) is 4.98 Å². The van der Waals surface area contributed by atoms with Gasteiger partial charge in [-0.15, -0.1) is 11.3 Å². The predicted molar refractivity (Wildman–Crippen MR) is 86.8 cm³/mol. The van der Waals surface area contributed by atoms with Crippen LogP contribution in [-0.4, -0.2) is 9.97 Å². The number of anilines is 2. The Bertz CT molecular complexity index is 608. The van der Waals surface area contributed by atoms with E-state index in [0.717, 1.165) is 22.1 Å². The van der Waals surface area contributed by atoms with Gasteiger partial charge in [0.2, 0.25) is 0 Å². The number of rotatable bonds is 4. The number of nitrogens with one attached hydrogen (secondary N) is 1. The van der Waals surface area contributed by atoms with Crippen LogP contribution in [0, 0.1) is 0 Å². The number of thiocarbonyl (C=S) groups is 1. The lowest BCUT2D eigenvalue weighted by Crippen LogP contribution is -2.09. The Hall–Kier alpha value is -1.17. The van der Waals surface area contributed by atoms with Gasteiger partial charge >= 0.3 is 0 Å². The fourth-order valence-electron chi connectivity index (χ4n) is 1.49. The summed E-state index contributed by atoms with van der Waals surface area (Å²) in [4.78, 5) is 4.84. The Labute approximate surface area is 126 Å². The summed E-state index contributed by atoms with van der Waals surface area (Å²) in [7, 11) is 0. The maximum absolute atomic E-state index is 6.19. The van der Waals surface area contributed by atoms with Gasteiger partial charge in [-0.1, -0.05) is 37.7 Å². The molecule has 1 aromatic heterocycles. The highest BCUT2D eigenvalue weighted by Gasteiger charge is 2.08. The lowest BCUT2D eigenvalue weighted by Gasteiger charge is -2.07. The molecule has 0 amide bonds. The number of halogens is 1. The van der Waals surface area contributed by atoms with E-state index >= 15 is 0 Å². The molecule has 0 fully saturated rings. The zero-order valence-corrected chi connectivity index (χ0v) is 13.0. The van der Waals surface area contributed by atoms with Gasteiger partial charge in [-0.2, -0.15) is 0 Å². The van der Waals surface area contributed by atoms with Gasteiger partial charge in [0.1, 0.15) is 4.99 Å². The van der Waals surface area contributed by atoms with Crippen molar-refractivity contribution in [2.45, 2.75) is 19.8 Å². The van der Waals surface area contributed by atoms with Gasteiger partial charge in [-0.3, -0.25) is 0 Å². The highest BCUT2D eigenvalue weighted by molar-refractivity contribution is 7.80. The van der Waals surface area contributed by atoms with Gasteiger partial charge in [-0.05, 0) is 24.1 Å². The van der Waals surface area contributed by atoms with Crippen LogP contribution in [0.5, 0.6) is 0 Å². The SMILES string of the molecule is CC(C)c1csc(Nc2ccc(C(N)=S)cc2Cl)n1. The molecule has 100 valence electrons. The molecule has 3 N–H and O–H groups in total. The molecular formula is C13H14ClN3S2. The van der Waals surface area contributed by atoms with E-state index in [4.69, 9.17) is 29.6 Å².